The molecule has 2 aliphatic rings. The van der Waals surface area contributed by atoms with Gasteiger partial charge in [-0.1, -0.05) is 6.07 Å². The van der Waals surface area contributed by atoms with Gasteiger partial charge in [0.05, 0.1) is 4.90 Å². The van der Waals surface area contributed by atoms with Crippen LogP contribution in [-0.4, -0.2) is 48.4 Å². The van der Waals surface area contributed by atoms with Gasteiger partial charge < -0.3 is 10.0 Å². The predicted molar refractivity (Wildman–Crippen MR) is 90.8 cm³/mol. The Bertz CT molecular complexity index is 812. The lowest BCUT2D eigenvalue weighted by Crippen LogP contribution is -2.45. The largest absolute Gasteiger partial charge is 0.480 e. The molecule has 3 rings (SSSR count). The van der Waals surface area contributed by atoms with E-state index in [4.69, 9.17) is 0 Å². The van der Waals surface area contributed by atoms with Gasteiger partial charge in [-0.25, -0.2) is 17.9 Å². The molecule has 0 heterocycles. The average molecular weight is 366 g/mol. The van der Waals surface area contributed by atoms with Gasteiger partial charge in [0.15, 0.2) is 0 Å². The van der Waals surface area contributed by atoms with Crippen LogP contribution in [0.25, 0.3) is 0 Å². The molecule has 0 saturated heterocycles. The lowest BCUT2D eigenvalue weighted by Gasteiger charge is -2.27. The summed E-state index contributed by atoms with van der Waals surface area (Å²) in [5.41, 5.74) is 0.859. The van der Waals surface area contributed by atoms with E-state index >= 15 is 0 Å². The maximum Gasteiger partial charge on any atom is 0.326 e. The molecular formula is C17H22N2O5S. The van der Waals surface area contributed by atoms with Crippen LogP contribution in [0.4, 0.5) is 0 Å². The van der Waals surface area contributed by atoms with Gasteiger partial charge in [-0.2, -0.15) is 0 Å². The molecule has 1 atom stereocenters. The standard InChI is InChI=1S/C17H22N2O5S/c1-10-3-8-14(25(23,24)18-12-4-5-12)9-15(10)16(20)19(13-6-7-13)11(2)17(21)22/h3,8-9,11-13,18H,4-7H2,1-2H3,(H,21,22). The van der Waals surface area contributed by atoms with E-state index in [-0.39, 0.29) is 22.5 Å². The first-order valence-electron chi connectivity index (χ1n) is 8.39. The summed E-state index contributed by atoms with van der Waals surface area (Å²) in [6.45, 7) is 3.19. The van der Waals surface area contributed by atoms with E-state index in [2.05, 4.69) is 4.72 Å². The summed E-state index contributed by atoms with van der Waals surface area (Å²) >= 11 is 0. The zero-order valence-corrected chi connectivity index (χ0v) is 15.0. The van der Waals surface area contributed by atoms with Crippen LogP contribution in [0.15, 0.2) is 23.1 Å². The van der Waals surface area contributed by atoms with Crippen LogP contribution in [0.3, 0.4) is 0 Å². The minimum absolute atomic E-state index is 0.0274. The number of aliphatic carboxylic acids is 1. The molecule has 0 radical (unpaired) electrons. The van der Waals surface area contributed by atoms with Crippen molar-refractivity contribution in [1.82, 2.24) is 9.62 Å². The fourth-order valence-electron chi connectivity index (χ4n) is 2.76. The zero-order chi connectivity index (χ0) is 18.4. The van der Waals surface area contributed by atoms with E-state index in [0.717, 1.165) is 25.7 Å². The Morgan fingerprint density at radius 2 is 1.88 bits per heavy atom. The van der Waals surface area contributed by atoms with Crippen molar-refractivity contribution in [3.05, 3.63) is 29.3 Å². The number of aryl methyl sites for hydroxylation is 1. The van der Waals surface area contributed by atoms with Gasteiger partial charge in [0.25, 0.3) is 5.91 Å². The van der Waals surface area contributed by atoms with Gasteiger partial charge in [0.1, 0.15) is 6.04 Å². The summed E-state index contributed by atoms with van der Waals surface area (Å²) in [5, 5.41) is 9.28. The highest BCUT2D eigenvalue weighted by Crippen LogP contribution is 2.31. The van der Waals surface area contributed by atoms with E-state index in [9.17, 15) is 23.1 Å². The van der Waals surface area contributed by atoms with Crippen LogP contribution in [0.1, 0.15) is 48.5 Å². The number of hydrogen-bond acceptors (Lipinski definition) is 4. The molecule has 1 aromatic carbocycles. The molecule has 0 aromatic heterocycles. The van der Waals surface area contributed by atoms with E-state index < -0.39 is 27.9 Å². The Labute approximate surface area is 147 Å². The molecule has 25 heavy (non-hydrogen) atoms. The molecule has 0 aliphatic heterocycles. The molecule has 0 bridgehead atoms. The van der Waals surface area contributed by atoms with Crippen molar-refractivity contribution in [3.8, 4) is 0 Å². The van der Waals surface area contributed by atoms with Crippen LogP contribution < -0.4 is 4.72 Å². The molecule has 7 nitrogen and oxygen atoms in total. The van der Waals surface area contributed by atoms with Crippen LogP contribution >= 0.6 is 0 Å². The zero-order valence-electron chi connectivity index (χ0n) is 14.2. The Morgan fingerprint density at radius 3 is 2.40 bits per heavy atom. The number of carboxylic acid groups (broad SMARTS) is 1. The number of carbonyl (C=O) groups excluding carboxylic acids is 1. The van der Waals surface area contributed by atoms with E-state index in [1.54, 1.807) is 13.0 Å². The summed E-state index contributed by atoms with van der Waals surface area (Å²) in [5.74, 6) is -1.50. The van der Waals surface area contributed by atoms with E-state index in [1.807, 2.05) is 0 Å². The molecule has 2 aliphatic carbocycles. The second-order valence-electron chi connectivity index (χ2n) is 6.83. The molecule has 0 spiro atoms. The molecule has 1 aromatic rings. The molecular weight excluding hydrogens is 344 g/mol. The maximum absolute atomic E-state index is 13.0. The van der Waals surface area contributed by atoms with Gasteiger partial charge in [0, 0.05) is 17.6 Å². The Kier molecular flexibility index (Phi) is 4.59. The van der Waals surface area contributed by atoms with Crippen molar-refractivity contribution >= 4 is 21.9 Å². The topological polar surface area (TPSA) is 104 Å². The smallest absolute Gasteiger partial charge is 0.326 e. The minimum atomic E-state index is -3.67. The van der Waals surface area contributed by atoms with E-state index in [0.29, 0.717) is 5.56 Å². The Hall–Kier alpha value is -1.93. The highest BCUT2D eigenvalue weighted by Gasteiger charge is 2.39. The van der Waals surface area contributed by atoms with Crippen molar-refractivity contribution in [2.75, 3.05) is 0 Å². The number of carbonyl (C=O) groups is 2. The third-order valence-corrected chi connectivity index (χ3v) is 6.12. The van der Waals surface area contributed by atoms with Gasteiger partial charge in [0.2, 0.25) is 10.0 Å². The number of amides is 1. The molecule has 2 N–H and O–H groups in total. The number of rotatable bonds is 7. The number of nitrogens with one attached hydrogen (secondary N) is 1. The molecule has 1 unspecified atom stereocenters. The molecule has 136 valence electrons. The third kappa shape index (κ3) is 3.85. The van der Waals surface area contributed by atoms with Crippen LogP contribution in [0.2, 0.25) is 0 Å². The first kappa shape index (κ1) is 17.9. The summed E-state index contributed by atoms with van der Waals surface area (Å²) in [4.78, 5) is 25.7. The second kappa shape index (κ2) is 6.42. The van der Waals surface area contributed by atoms with Gasteiger partial charge in [-0.3, -0.25) is 4.79 Å². The highest BCUT2D eigenvalue weighted by atomic mass is 32.2. The molecule has 2 saturated carbocycles. The van der Waals surface area contributed by atoms with Gasteiger partial charge in [-0.05, 0) is 57.2 Å². The monoisotopic (exact) mass is 366 g/mol. The van der Waals surface area contributed by atoms with Crippen molar-refractivity contribution in [2.24, 2.45) is 0 Å². The first-order valence-corrected chi connectivity index (χ1v) is 9.87. The van der Waals surface area contributed by atoms with Gasteiger partial charge >= 0.3 is 5.97 Å². The lowest BCUT2D eigenvalue weighted by molar-refractivity contribution is -0.141. The van der Waals surface area contributed by atoms with Crippen LogP contribution in [0, 0.1) is 6.92 Å². The average Bonchev–Trinajstić information content (AvgIpc) is 3.42. The number of nitrogens with zero attached hydrogens (tertiary/aromatic N) is 1. The minimum Gasteiger partial charge on any atom is -0.480 e. The van der Waals surface area contributed by atoms with Crippen LogP contribution in [-0.2, 0) is 14.8 Å². The number of sulfonamides is 1. The third-order valence-electron chi connectivity index (χ3n) is 4.60. The quantitative estimate of drug-likeness (QED) is 0.761. The maximum atomic E-state index is 13.0. The number of hydrogen-bond donors (Lipinski definition) is 2. The normalized spacial score (nSPS) is 18.6. The lowest BCUT2D eigenvalue weighted by atomic mass is 10.1. The summed E-state index contributed by atoms with van der Waals surface area (Å²) in [6, 6.07) is 3.34. The number of benzene rings is 1. The summed E-state index contributed by atoms with van der Waals surface area (Å²) in [7, 11) is -3.67. The predicted octanol–water partition coefficient (Wildman–Crippen LogP) is 1.51. The summed E-state index contributed by atoms with van der Waals surface area (Å²) < 4.78 is 27.4. The second-order valence-corrected chi connectivity index (χ2v) is 8.54. The molecule has 1 amide bonds. The number of carboxylic acids is 1. The molecule has 2 fully saturated rings. The SMILES string of the molecule is Cc1ccc(S(=O)(=O)NC2CC2)cc1C(=O)N(C1CC1)C(C)C(=O)O. The summed E-state index contributed by atoms with van der Waals surface area (Å²) in [6.07, 6.45) is 3.18. The van der Waals surface area contributed by atoms with Gasteiger partial charge in [-0.15, -0.1) is 0 Å². The molecule has 8 heteroatoms. The Morgan fingerprint density at radius 1 is 1.24 bits per heavy atom. The van der Waals surface area contributed by atoms with Crippen molar-refractivity contribution in [2.45, 2.75) is 62.6 Å². The van der Waals surface area contributed by atoms with Crippen LogP contribution in [0.5, 0.6) is 0 Å². The highest BCUT2D eigenvalue weighted by molar-refractivity contribution is 7.89. The fourth-order valence-corrected chi connectivity index (χ4v) is 4.09. The Balaban J connectivity index is 1.93. The first-order chi connectivity index (χ1) is 11.7. The van der Waals surface area contributed by atoms with Crippen molar-refractivity contribution in [1.29, 1.82) is 0 Å². The fraction of sp³-hybridized carbons (Fsp3) is 0.529. The van der Waals surface area contributed by atoms with E-state index in [1.165, 1.54) is 24.0 Å². The van der Waals surface area contributed by atoms with Crippen molar-refractivity contribution in [3.63, 3.8) is 0 Å². The van der Waals surface area contributed by atoms with Crippen molar-refractivity contribution < 1.29 is 23.1 Å².